The van der Waals surface area contributed by atoms with E-state index in [4.69, 9.17) is 4.42 Å². The van der Waals surface area contributed by atoms with Crippen LogP contribution < -0.4 is 10.6 Å². The van der Waals surface area contributed by atoms with Gasteiger partial charge in [-0.05, 0) is 37.1 Å². The summed E-state index contributed by atoms with van der Waals surface area (Å²) in [6, 6.07) is 5.04. The lowest BCUT2D eigenvalue weighted by molar-refractivity contribution is -0.122. The van der Waals surface area contributed by atoms with Crippen molar-refractivity contribution in [2.75, 3.05) is 44.6 Å². The van der Waals surface area contributed by atoms with Gasteiger partial charge in [0, 0.05) is 32.7 Å². The first-order chi connectivity index (χ1) is 14.5. The van der Waals surface area contributed by atoms with E-state index in [9.17, 15) is 14.4 Å². The molecule has 0 unspecified atom stereocenters. The number of thiophene rings is 1. The number of piperazine rings is 1. The average molecular weight is 433 g/mol. The van der Waals surface area contributed by atoms with Crippen LogP contribution in [0, 0.1) is 6.92 Å². The number of carbonyl (C=O) groups excluding carboxylic acids is 3. The molecule has 2 aromatic rings. The largest absolute Gasteiger partial charge is 0.459 e. The Morgan fingerprint density at radius 1 is 1.20 bits per heavy atom. The minimum Gasteiger partial charge on any atom is -0.459 e. The van der Waals surface area contributed by atoms with Crippen LogP contribution >= 0.6 is 11.3 Å². The van der Waals surface area contributed by atoms with Crippen molar-refractivity contribution in [3.8, 4) is 0 Å². The third-order valence-electron chi connectivity index (χ3n) is 4.97. The number of unbranched alkanes of at least 4 members (excludes halogenated alkanes) is 1. The SMILES string of the molecule is CCCCNC(=O)CN1CCN(C(=O)c2sc(NC(=O)c3ccco3)cc2C)CC1. The first kappa shape index (κ1) is 22.0. The van der Waals surface area contributed by atoms with Crippen molar-refractivity contribution < 1.29 is 18.8 Å². The van der Waals surface area contributed by atoms with Crippen LogP contribution in [0.1, 0.15) is 45.6 Å². The summed E-state index contributed by atoms with van der Waals surface area (Å²) in [5, 5.41) is 6.31. The van der Waals surface area contributed by atoms with E-state index in [0.717, 1.165) is 18.4 Å². The summed E-state index contributed by atoms with van der Waals surface area (Å²) in [5.41, 5.74) is 0.831. The molecule has 1 saturated heterocycles. The van der Waals surface area contributed by atoms with Crippen LogP contribution in [-0.4, -0.2) is 66.8 Å². The lowest BCUT2D eigenvalue weighted by Crippen LogP contribution is -2.51. The molecule has 3 heterocycles. The van der Waals surface area contributed by atoms with Crippen molar-refractivity contribution in [1.82, 2.24) is 15.1 Å². The molecule has 0 aromatic carbocycles. The van der Waals surface area contributed by atoms with E-state index in [1.807, 2.05) is 11.8 Å². The Labute approximate surface area is 180 Å². The Hall–Kier alpha value is -2.65. The molecular weight excluding hydrogens is 404 g/mol. The van der Waals surface area contributed by atoms with Gasteiger partial charge in [0.2, 0.25) is 5.91 Å². The van der Waals surface area contributed by atoms with Gasteiger partial charge in [-0.15, -0.1) is 11.3 Å². The molecule has 8 nitrogen and oxygen atoms in total. The van der Waals surface area contributed by atoms with Crippen LogP contribution in [0.25, 0.3) is 0 Å². The predicted molar refractivity (Wildman–Crippen MR) is 116 cm³/mol. The summed E-state index contributed by atoms with van der Waals surface area (Å²) in [6.45, 7) is 7.52. The number of nitrogens with zero attached hydrogens (tertiary/aromatic N) is 2. The molecule has 9 heteroatoms. The molecule has 0 atom stereocenters. The maximum absolute atomic E-state index is 13.0. The molecule has 0 aliphatic carbocycles. The summed E-state index contributed by atoms with van der Waals surface area (Å²) in [7, 11) is 0. The van der Waals surface area contributed by atoms with Gasteiger partial charge < -0.3 is 20.0 Å². The van der Waals surface area contributed by atoms with Crippen molar-refractivity contribution >= 4 is 34.1 Å². The Balaban J connectivity index is 1.51. The lowest BCUT2D eigenvalue weighted by Gasteiger charge is -2.34. The summed E-state index contributed by atoms with van der Waals surface area (Å²) >= 11 is 1.27. The fourth-order valence-corrected chi connectivity index (χ4v) is 4.29. The summed E-state index contributed by atoms with van der Waals surface area (Å²) in [6.07, 6.45) is 3.48. The zero-order valence-electron chi connectivity index (χ0n) is 17.4. The van der Waals surface area contributed by atoms with Gasteiger partial charge in [0.1, 0.15) is 0 Å². The van der Waals surface area contributed by atoms with Gasteiger partial charge >= 0.3 is 0 Å². The molecule has 0 bridgehead atoms. The third kappa shape index (κ3) is 5.70. The second kappa shape index (κ2) is 10.4. The van der Waals surface area contributed by atoms with Crippen LogP contribution in [0.2, 0.25) is 0 Å². The Morgan fingerprint density at radius 2 is 1.97 bits per heavy atom. The highest BCUT2D eigenvalue weighted by Gasteiger charge is 2.26. The monoisotopic (exact) mass is 432 g/mol. The molecule has 0 radical (unpaired) electrons. The van der Waals surface area contributed by atoms with Gasteiger partial charge in [-0.2, -0.15) is 0 Å². The Morgan fingerprint density at radius 3 is 2.63 bits per heavy atom. The Bertz CT molecular complexity index is 870. The number of carbonyl (C=O) groups is 3. The molecule has 30 heavy (non-hydrogen) atoms. The summed E-state index contributed by atoms with van der Waals surface area (Å²) < 4.78 is 5.10. The molecule has 3 rings (SSSR count). The molecule has 1 aliphatic rings. The molecule has 0 spiro atoms. The predicted octanol–water partition coefficient (Wildman–Crippen LogP) is 2.58. The number of hydrogen-bond donors (Lipinski definition) is 2. The smallest absolute Gasteiger partial charge is 0.291 e. The van der Waals surface area contributed by atoms with E-state index in [0.29, 0.717) is 49.1 Å². The van der Waals surface area contributed by atoms with Crippen LogP contribution in [0.5, 0.6) is 0 Å². The third-order valence-corrected chi connectivity index (χ3v) is 6.11. The summed E-state index contributed by atoms with van der Waals surface area (Å²) in [5.74, 6) is -0.118. The topological polar surface area (TPSA) is 94.9 Å². The maximum Gasteiger partial charge on any atom is 0.291 e. The van der Waals surface area contributed by atoms with Crippen molar-refractivity contribution in [2.45, 2.75) is 26.7 Å². The minimum absolute atomic E-state index is 0.0364. The zero-order valence-corrected chi connectivity index (χ0v) is 18.2. The fourth-order valence-electron chi connectivity index (χ4n) is 3.25. The van der Waals surface area contributed by atoms with Crippen LogP contribution in [-0.2, 0) is 4.79 Å². The molecule has 162 valence electrons. The van der Waals surface area contributed by atoms with Crippen LogP contribution in [0.3, 0.4) is 0 Å². The standard InChI is InChI=1S/C21H28N4O4S/c1-3-4-7-22-17(26)14-24-8-10-25(11-9-24)21(28)19-15(2)13-18(30-19)23-20(27)16-6-5-12-29-16/h5-6,12-13H,3-4,7-11,14H2,1-2H3,(H,22,26)(H,23,27). The van der Waals surface area contributed by atoms with E-state index in [2.05, 4.69) is 22.5 Å². The van der Waals surface area contributed by atoms with Crippen LogP contribution in [0.15, 0.2) is 28.9 Å². The molecule has 0 saturated carbocycles. The second-order valence-electron chi connectivity index (χ2n) is 7.33. The van der Waals surface area contributed by atoms with E-state index < -0.39 is 0 Å². The number of nitrogens with one attached hydrogen (secondary N) is 2. The lowest BCUT2D eigenvalue weighted by atomic mass is 10.2. The van der Waals surface area contributed by atoms with Crippen molar-refractivity contribution in [1.29, 1.82) is 0 Å². The van der Waals surface area contributed by atoms with Gasteiger partial charge in [0.25, 0.3) is 11.8 Å². The number of aryl methyl sites for hydroxylation is 1. The van der Waals surface area contributed by atoms with E-state index >= 15 is 0 Å². The number of amides is 3. The zero-order chi connectivity index (χ0) is 21.5. The first-order valence-electron chi connectivity index (χ1n) is 10.2. The van der Waals surface area contributed by atoms with E-state index in [1.54, 1.807) is 18.2 Å². The van der Waals surface area contributed by atoms with Gasteiger partial charge in [0.05, 0.1) is 22.7 Å². The molecule has 2 aromatic heterocycles. The fraction of sp³-hybridized carbons (Fsp3) is 0.476. The second-order valence-corrected chi connectivity index (χ2v) is 8.38. The molecule has 3 amide bonds. The maximum atomic E-state index is 13.0. The van der Waals surface area contributed by atoms with Gasteiger partial charge in [-0.1, -0.05) is 13.3 Å². The number of furan rings is 1. The Kier molecular flexibility index (Phi) is 7.64. The van der Waals surface area contributed by atoms with E-state index in [-0.39, 0.29) is 23.5 Å². The molecular formula is C21H28N4O4S. The van der Waals surface area contributed by atoms with Crippen molar-refractivity contribution in [3.63, 3.8) is 0 Å². The highest BCUT2D eigenvalue weighted by Crippen LogP contribution is 2.28. The number of rotatable bonds is 8. The van der Waals surface area contributed by atoms with Gasteiger partial charge in [0.15, 0.2) is 5.76 Å². The van der Waals surface area contributed by atoms with Gasteiger partial charge in [-0.25, -0.2) is 0 Å². The minimum atomic E-state index is -0.342. The normalized spacial score (nSPS) is 14.5. The highest BCUT2D eigenvalue weighted by atomic mass is 32.1. The molecule has 1 fully saturated rings. The quantitative estimate of drug-likeness (QED) is 0.625. The van der Waals surface area contributed by atoms with E-state index in [1.165, 1.54) is 17.6 Å². The van der Waals surface area contributed by atoms with Gasteiger partial charge in [-0.3, -0.25) is 19.3 Å². The number of hydrogen-bond acceptors (Lipinski definition) is 6. The highest BCUT2D eigenvalue weighted by molar-refractivity contribution is 7.18. The summed E-state index contributed by atoms with van der Waals surface area (Å²) in [4.78, 5) is 41.6. The van der Waals surface area contributed by atoms with Crippen molar-refractivity contribution in [3.05, 3.63) is 40.7 Å². The van der Waals surface area contributed by atoms with Crippen LogP contribution in [0.4, 0.5) is 5.00 Å². The molecule has 1 aliphatic heterocycles. The van der Waals surface area contributed by atoms with Crippen molar-refractivity contribution in [2.24, 2.45) is 0 Å². The average Bonchev–Trinajstić information content (AvgIpc) is 3.38. The molecule has 2 N–H and O–H groups in total. The first-order valence-corrected chi connectivity index (χ1v) is 11.0. The number of anilines is 1.